The molecular weight excluding hydrogens is 307 g/mol. The molecule has 0 aliphatic heterocycles. The quantitative estimate of drug-likeness (QED) is 0.648. The van der Waals surface area contributed by atoms with Gasteiger partial charge in [-0.1, -0.05) is 0 Å². The lowest BCUT2D eigenvalue weighted by molar-refractivity contribution is 0.0602. The highest BCUT2D eigenvalue weighted by Gasteiger charge is 2.15. The molecule has 0 saturated heterocycles. The first kappa shape index (κ1) is 10.4. The number of ether oxygens (including phenoxy) is 1. The highest BCUT2D eigenvalue weighted by Crippen LogP contribution is 2.23. The van der Waals surface area contributed by atoms with Gasteiger partial charge in [0.05, 0.1) is 12.7 Å². The lowest BCUT2D eigenvalue weighted by Gasteiger charge is -2.01. The van der Waals surface area contributed by atoms with Crippen molar-refractivity contribution in [1.82, 2.24) is 10.2 Å². The van der Waals surface area contributed by atoms with Crippen LogP contribution in [0.25, 0.3) is 10.9 Å². The number of carbonyl (C=O) groups is 1. The first-order chi connectivity index (χ1) is 7.13. The molecule has 2 aromatic rings. The minimum Gasteiger partial charge on any atom is -0.465 e. The van der Waals surface area contributed by atoms with Crippen molar-refractivity contribution in [3.8, 4) is 0 Å². The Hall–Kier alpha value is -1.11. The van der Waals surface area contributed by atoms with E-state index < -0.39 is 0 Å². The topological polar surface area (TPSA) is 55.0 Å². The molecule has 0 spiro atoms. The highest BCUT2D eigenvalue weighted by molar-refractivity contribution is 14.1. The third kappa shape index (κ3) is 1.71. The van der Waals surface area contributed by atoms with Gasteiger partial charge in [-0.05, 0) is 47.2 Å². The van der Waals surface area contributed by atoms with Crippen molar-refractivity contribution in [2.75, 3.05) is 7.11 Å². The Morgan fingerprint density at radius 3 is 2.93 bits per heavy atom. The first-order valence-corrected chi connectivity index (χ1v) is 5.44. The van der Waals surface area contributed by atoms with Crippen molar-refractivity contribution in [2.45, 2.75) is 6.92 Å². The van der Waals surface area contributed by atoms with Gasteiger partial charge in [0.2, 0.25) is 0 Å². The van der Waals surface area contributed by atoms with Gasteiger partial charge in [0.25, 0.3) is 0 Å². The number of rotatable bonds is 1. The van der Waals surface area contributed by atoms with E-state index in [4.69, 9.17) is 4.74 Å². The van der Waals surface area contributed by atoms with E-state index in [1.54, 1.807) is 6.07 Å². The molecule has 5 heteroatoms. The van der Waals surface area contributed by atoms with E-state index in [2.05, 4.69) is 32.8 Å². The van der Waals surface area contributed by atoms with Crippen LogP contribution in [0.5, 0.6) is 0 Å². The fourth-order valence-corrected chi connectivity index (χ4v) is 2.03. The van der Waals surface area contributed by atoms with Gasteiger partial charge < -0.3 is 4.74 Å². The van der Waals surface area contributed by atoms with E-state index in [1.807, 2.05) is 13.0 Å². The van der Waals surface area contributed by atoms with Crippen LogP contribution in [0.3, 0.4) is 0 Å². The Labute approximate surface area is 100 Å². The Morgan fingerprint density at radius 2 is 2.27 bits per heavy atom. The molecule has 15 heavy (non-hydrogen) atoms. The SMILES string of the molecule is COC(=O)c1cc(C)cc2c(I)[nH]nc12. The fraction of sp³-hybridized carbons (Fsp3) is 0.200. The maximum absolute atomic E-state index is 11.5. The summed E-state index contributed by atoms with van der Waals surface area (Å²) in [4.78, 5) is 11.5. The zero-order chi connectivity index (χ0) is 11.0. The monoisotopic (exact) mass is 316 g/mol. The molecule has 0 fully saturated rings. The number of benzene rings is 1. The largest absolute Gasteiger partial charge is 0.465 e. The number of methoxy groups -OCH3 is 1. The molecule has 0 aliphatic rings. The summed E-state index contributed by atoms with van der Waals surface area (Å²) in [6, 6.07) is 3.78. The molecule has 1 heterocycles. The molecule has 2 rings (SSSR count). The van der Waals surface area contributed by atoms with Crippen LogP contribution >= 0.6 is 22.6 Å². The van der Waals surface area contributed by atoms with Crippen LogP contribution in [0.4, 0.5) is 0 Å². The number of halogens is 1. The first-order valence-electron chi connectivity index (χ1n) is 4.36. The molecule has 0 saturated carbocycles. The van der Waals surface area contributed by atoms with Crippen molar-refractivity contribution in [3.63, 3.8) is 0 Å². The van der Waals surface area contributed by atoms with Gasteiger partial charge in [-0.15, -0.1) is 0 Å². The van der Waals surface area contributed by atoms with E-state index >= 15 is 0 Å². The van der Waals surface area contributed by atoms with E-state index in [-0.39, 0.29) is 5.97 Å². The van der Waals surface area contributed by atoms with Gasteiger partial charge >= 0.3 is 5.97 Å². The lowest BCUT2D eigenvalue weighted by Crippen LogP contribution is -2.02. The van der Waals surface area contributed by atoms with E-state index in [0.717, 1.165) is 14.7 Å². The summed E-state index contributed by atoms with van der Waals surface area (Å²) in [5, 5.41) is 7.90. The van der Waals surface area contributed by atoms with Crippen molar-refractivity contribution >= 4 is 39.5 Å². The number of aryl methyl sites for hydroxylation is 1. The van der Waals surface area contributed by atoms with Gasteiger partial charge in [0.15, 0.2) is 0 Å². The molecule has 1 N–H and O–H groups in total. The van der Waals surface area contributed by atoms with Crippen molar-refractivity contribution in [2.24, 2.45) is 0 Å². The molecule has 1 aromatic heterocycles. The fourth-order valence-electron chi connectivity index (χ4n) is 1.50. The molecule has 0 radical (unpaired) electrons. The maximum Gasteiger partial charge on any atom is 0.340 e. The number of nitrogens with one attached hydrogen (secondary N) is 1. The smallest absolute Gasteiger partial charge is 0.340 e. The van der Waals surface area contributed by atoms with Crippen LogP contribution in [-0.2, 0) is 4.74 Å². The van der Waals surface area contributed by atoms with Crippen molar-refractivity contribution in [3.05, 3.63) is 27.0 Å². The number of hydrogen-bond donors (Lipinski definition) is 1. The predicted molar refractivity (Wildman–Crippen MR) is 64.9 cm³/mol. The number of hydrogen-bond acceptors (Lipinski definition) is 3. The highest BCUT2D eigenvalue weighted by atomic mass is 127. The number of fused-ring (bicyclic) bond motifs is 1. The van der Waals surface area contributed by atoms with E-state index in [0.29, 0.717) is 11.1 Å². The number of aromatic amines is 1. The summed E-state index contributed by atoms with van der Waals surface area (Å²) in [5.41, 5.74) is 2.19. The van der Waals surface area contributed by atoms with Gasteiger partial charge in [0, 0.05) is 5.39 Å². The maximum atomic E-state index is 11.5. The summed E-state index contributed by atoms with van der Waals surface area (Å²) in [6.45, 7) is 1.94. The Morgan fingerprint density at radius 1 is 1.53 bits per heavy atom. The molecule has 4 nitrogen and oxygen atoms in total. The van der Waals surface area contributed by atoms with Crippen LogP contribution in [-0.4, -0.2) is 23.3 Å². The number of nitrogens with zero attached hydrogens (tertiary/aromatic N) is 1. The second-order valence-corrected chi connectivity index (χ2v) is 4.32. The van der Waals surface area contributed by atoms with Crippen LogP contribution in [0.2, 0.25) is 0 Å². The number of aromatic nitrogens is 2. The van der Waals surface area contributed by atoms with Crippen LogP contribution < -0.4 is 0 Å². The second-order valence-electron chi connectivity index (χ2n) is 3.24. The van der Waals surface area contributed by atoms with Gasteiger partial charge in [-0.3, -0.25) is 5.10 Å². The zero-order valence-corrected chi connectivity index (χ0v) is 10.5. The van der Waals surface area contributed by atoms with E-state index in [9.17, 15) is 4.79 Å². The average Bonchev–Trinajstić information content (AvgIpc) is 2.58. The molecule has 0 bridgehead atoms. The van der Waals surface area contributed by atoms with Crippen LogP contribution in [0, 0.1) is 10.6 Å². The average molecular weight is 316 g/mol. The Balaban J connectivity index is 2.78. The van der Waals surface area contributed by atoms with Crippen LogP contribution in [0.15, 0.2) is 12.1 Å². The lowest BCUT2D eigenvalue weighted by atomic mass is 10.1. The molecule has 0 atom stereocenters. The Bertz CT molecular complexity index is 533. The minimum absolute atomic E-state index is 0.355. The summed E-state index contributed by atoms with van der Waals surface area (Å²) in [7, 11) is 1.37. The third-order valence-electron chi connectivity index (χ3n) is 2.16. The van der Waals surface area contributed by atoms with Gasteiger partial charge in [-0.25, -0.2) is 4.79 Å². The number of carbonyl (C=O) groups excluding carboxylic acids is 1. The summed E-state index contributed by atoms with van der Waals surface area (Å²) in [6.07, 6.45) is 0. The summed E-state index contributed by atoms with van der Waals surface area (Å²) >= 11 is 2.15. The molecule has 0 aliphatic carbocycles. The molecule has 0 amide bonds. The zero-order valence-electron chi connectivity index (χ0n) is 8.30. The molecular formula is C10H9IN2O2. The van der Waals surface area contributed by atoms with E-state index in [1.165, 1.54) is 7.11 Å². The van der Waals surface area contributed by atoms with Crippen molar-refractivity contribution < 1.29 is 9.53 Å². The van der Waals surface area contributed by atoms with Gasteiger partial charge in [-0.2, -0.15) is 5.10 Å². The van der Waals surface area contributed by atoms with Crippen molar-refractivity contribution in [1.29, 1.82) is 0 Å². The number of H-pyrrole nitrogens is 1. The number of esters is 1. The normalized spacial score (nSPS) is 10.6. The Kier molecular flexibility index (Phi) is 2.64. The molecule has 1 aromatic carbocycles. The molecule has 0 unspecified atom stereocenters. The molecule has 78 valence electrons. The second kappa shape index (κ2) is 3.80. The summed E-state index contributed by atoms with van der Waals surface area (Å²) < 4.78 is 5.64. The summed E-state index contributed by atoms with van der Waals surface area (Å²) in [5.74, 6) is -0.355. The third-order valence-corrected chi connectivity index (χ3v) is 2.98. The predicted octanol–water partition coefficient (Wildman–Crippen LogP) is 2.26. The van der Waals surface area contributed by atoms with Gasteiger partial charge in [0.1, 0.15) is 9.22 Å². The van der Waals surface area contributed by atoms with Crippen LogP contribution in [0.1, 0.15) is 15.9 Å². The minimum atomic E-state index is -0.355. The standard InChI is InChI=1S/C10H9IN2O2/c1-5-3-6-8(12-13-9(6)11)7(4-5)10(14)15-2/h3-4H,1-2H3,(H,12,13).